The molecule has 7 heteroatoms. The topological polar surface area (TPSA) is 60.2 Å². The van der Waals surface area contributed by atoms with Gasteiger partial charge in [0.1, 0.15) is 6.10 Å². The zero-order chi connectivity index (χ0) is 12.4. The fourth-order valence-corrected chi connectivity index (χ4v) is 2.03. The Balaban J connectivity index is 0.00000133. The lowest BCUT2D eigenvalue weighted by Gasteiger charge is -2.19. The van der Waals surface area contributed by atoms with Crippen molar-refractivity contribution in [3.8, 4) is 11.4 Å². The van der Waals surface area contributed by atoms with Gasteiger partial charge in [0.05, 0.1) is 6.61 Å². The van der Waals surface area contributed by atoms with Crippen LogP contribution >= 0.6 is 24.0 Å². The molecule has 3 rings (SSSR count). The summed E-state index contributed by atoms with van der Waals surface area (Å²) >= 11 is 5.93. The summed E-state index contributed by atoms with van der Waals surface area (Å²) in [6.07, 6.45) is -0.167. The van der Waals surface area contributed by atoms with E-state index in [0.29, 0.717) is 29.9 Å². The predicted octanol–water partition coefficient (Wildman–Crippen LogP) is 2.47. The maximum Gasteiger partial charge on any atom is 0.257 e. The minimum atomic E-state index is -0.167. The molecule has 0 aliphatic carbocycles. The lowest BCUT2D eigenvalue weighted by molar-refractivity contribution is 0.00755. The zero-order valence-electron chi connectivity index (χ0n) is 10.0. The van der Waals surface area contributed by atoms with Crippen LogP contribution in [0, 0.1) is 0 Å². The van der Waals surface area contributed by atoms with E-state index in [1.54, 1.807) is 12.1 Å². The lowest BCUT2D eigenvalue weighted by Crippen LogP contribution is -2.33. The van der Waals surface area contributed by atoms with E-state index in [4.69, 9.17) is 20.9 Å². The molecule has 1 aliphatic rings. The van der Waals surface area contributed by atoms with Crippen LogP contribution in [0.3, 0.4) is 0 Å². The standard InChI is InChI=1S/C12H12ClN3O2.ClH/c13-9-3-1-2-8(6-9)11-15-12(18-16-11)10-7-14-4-5-17-10;/h1-3,6,10,14H,4-5,7H2;1H/t10-;/m0./s1. The molecule has 1 fully saturated rings. The number of aromatic nitrogens is 2. The monoisotopic (exact) mass is 301 g/mol. The molecule has 1 N–H and O–H groups in total. The average molecular weight is 302 g/mol. The fraction of sp³-hybridized carbons (Fsp3) is 0.333. The normalized spacial score (nSPS) is 18.9. The van der Waals surface area contributed by atoms with Gasteiger partial charge in [0.15, 0.2) is 0 Å². The first-order valence-corrected chi connectivity index (χ1v) is 6.12. The summed E-state index contributed by atoms with van der Waals surface area (Å²) in [4.78, 5) is 4.34. The number of morpholine rings is 1. The molecule has 0 saturated carbocycles. The van der Waals surface area contributed by atoms with Gasteiger partial charge in [-0.3, -0.25) is 0 Å². The van der Waals surface area contributed by atoms with Crippen molar-refractivity contribution in [2.45, 2.75) is 6.10 Å². The third-order valence-corrected chi connectivity index (χ3v) is 2.96. The largest absolute Gasteiger partial charge is 0.366 e. The molecule has 0 radical (unpaired) electrons. The van der Waals surface area contributed by atoms with Gasteiger partial charge >= 0.3 is 0 Å². The number of rotatable bonds is 2. The Morgan fingerprint density at radius 1 is 1.37 bits per heavy atom. The van der Waals surface area contributed by atoms with Crippen molar-refractivity contribution < 1.29 is 9.26 Å². The van der Waals surface area contributed by atoms with E-state index in [1.807, 2.05) is 12.1 Å². The minimum absolute atomic E-state index is 0. The molecule has 102 valence electrons. The molecular formula is C12H13Cl2N3O2. The molecular weight excluding hydrogens is 289 g/mol. The number of hydrogen-bond acceptors (Lipinski definition) is 5. The molecule has 0 bridgehead atoms. The Hall–Kier alpha value is -1.14. The minimum Gasteiger partial charge on any atom is -0.366 e. The highest BCUT2D eigenvalue weighted by Gasteiger charge is 2.22. The van der Waals surface area contributed by atoms with Gasteiger partial charge < -0.3 is 14.6 Å². The Bertz CT molecular complexity index is 541. The Labute approximate surface area is 121 Å². The van der Waals surface area contributed by atoms with E-state index < -0.39 is 0 Å². The second-order valence-electron chi connectivity index (χ2n) is 4.03. The van der Waals surface area contributed by atoms with E-state index in [-0.39, 0.29) is 18.5 Å². The molecule has 2 aromatic rings. The van der Waals surface area contributed by atoms with E-state index >= 15 is 0 Å². The van der Waals surface area contributed by atoms with Crippen LogP contribution in [0.15, 0.2) is 28.8 Å². The lowest BCUT2D eigenvalue weighted by atomic mass is 10.2. The first kappa shape index (κ1) is 14.3. The summed E-state index contributed by atoms with van der Waals surface area (Å²) < 4.78 is 10.8. The molecule has 0 unspecified atom stereocenters. The molecule has 19 heavy (non-hydrogen) atoms. The second kappa shape index (κ2) is 6.34. The van der Waals surface area contributed by atoms with Crippen LogP contribution in [-0.2, 0) is 4.74 Å². The molecule has 1 saturated heterocycles. The van der Waals surface area contributed by atoms with Gasteiger partial charge in [0, 0.05) is 23.7 Å². The van der Waals surface area contributed by atoms with Gasteiger partial charge in [-0.1, -0.05) is 28.9 Å². The zero-order valence-corrected chi connectivity index (χ0v) is 11.6. The van der Waals surface area contributed by atoms with Crippen LogP contribution in [-0.4, -0.2) is 29.8 Å². The Morgan fingerprint density at radius 2 is 2.26 bits per heavy atom. The Kier molecular flexibility index (Phi) is 4.76. The number of hydrogen-bond donors (Lipinski definition) is 1. The van der Waals surface area contributed by atoms with Gasteiger partial charge in [-0.2, -0.15) is 4.98 Å². The number of halogens is 2. The smallest absolute Gasteiger partial charge is 0.257 e. The van der Waals surface area contributed by atoms with Crippen molar-refractivity contribution in [1.82, 2.24) is 15.5 Å². The molecule has 1 aromatic carbocycles. The molecule has 1 aromatic heterocycles. The molecule has 2 heterocycles. The van der Waals surface area contributed by atoms with Crippen LogP contribution in [0.4, 0.5) is 0 Å². The number of nitrogens with zero attached hydrogens (tertiary/aromatic N) is 2. The van der Waals surface area contributed by atoms with Crippen molar-refractivity contribution >= 4 is 24.0 Å². The summed E-state index contributed by atoms with van der Waals surface area (Å²) in [7, 11) is 0. The second-order valence-corrected chi connectivity index (χ2v) is 4.47. The maximum absolute atomic E-state index is 5.93. The highest BCUT2D eigenvalue weighted by atomic mass is 35.5. The first-order valence-electron chi connectivity index (χ1n) is 5.75. The summed E-state index contributed by atoms with van der Waals surface area (Å²) in [5, 5.41) is 7.82. The van der Waals surface area contributed by atoms with Crippen molar-refractivity contribution in [2.24, 2.45) is 0 Å². The van der Waals surface area contributed by atoms with Crippen molar-refractivity contribution in [2.75, 3.05) is 19.7 Å². The Morgan fingerprint density at radius 3 is 3.00 bits per heavy atom. The maximum atomic E-state index is 5.93. The van der Waals surface area contributed by atoms with Crippen LogP contribution in [0.1, 0.15) is 12.0 Å². The highest BCUT2D eigenvalue weighted by Crippen LogP contribution is 2.23. The van der Waals surface area contributed by atoms with Crippen LogP contribution in [0.5, 0.6) is 0 Å². The van der Waals surface area contributed by atoms with Crippen LogP contribution < -0.4 is 5.32 Å². The van der Waals surface area contributed by atoms with Gasteiger partial charge in [-0.05, 0) is 12.1 Å². The molecule has 0 amide bonds. The van der Waals surface area contributed by atoms with Crippen molar-refractivity contribution in [3.63, 3.8) is 0 Å². The number of ether oxygens (including phenoxy) is 1. The molecule has 1 atom stereocenters. The highest BCUT2D eigenvalue weighted by molar-refractivity contribution is 6.30. The van der Waals surface area contributed by atoms with Crippen molar-refractivity contribution in [3.05, 3.63) is 35.2 Å². The van der Waals surface area contributed by atoms with E-state index in [2.05, 4.69) is 15.5 Å². The van der Waals surface area contributed by atoms with Gasteiger partial charge in [-0.25, -0.2) is 0 Å². The van der Waals surface area contributed by atoms with Gasteiger partial charge in [0.2, 0.25) is 5.82 Å². The van der Waals surface area contributed by atoms with E-state index in [1.165, 1.54) is 0 Å². The third kappa shape index (κ3) is 3.25. The van der Waals surface area contributed by atoms with Crippen LogP contribution in [0.25, 0.3) is 11.4 Å². The summed E-state index contributed by atoms with van der Waals surface area (Å²) in [5.41, 5.74) is 0.835. The molecule has 5 nitrogen and oxygen atoms in total. The fourth-order valence-electron chi connectivity index (χ4n) is 1.83. The van der Waals surface area contributed by atoms with Gasteiger partial charge in [0.25, 0.3) is 5.89 Å². The molecule has 1 aliphatic heterocycles. The quantitative estimate of drug-likeness (QED) is 0.923. The van der Waals surface area contributed by atoms with E-state index in [9.17, 15) is 0 Å². The third-order valence-electron chi connectivity index (χ3n) is 2.73. The number of benzene rings is 1. The number of nitrogens with one attached hydrogen (secondary N) is 1. The first-order chi connectivity index (χ1) is 8.83. The summed E-state index contributed by atoms with van der Waals surface area (Å²) in [6, 6.07) is 7.35. The summed E-state index contributed by atoms with van der Waals surface area (Å²) in [6.45, 7) is 2.20. The van der Waals surface area contributed by atoms with Crippen molar-refractivity contribution in [1.29, 1.82) is 0 Å². The summed E-state index contributed by atoms with van der Waals surface area (Å²) in [5.74, 6) is 1.03. The molecule has 0 spiro atoms. The SMILES string of the molecule is Cl.Clc1cccc(-c2noc([C@@H]3CNCCO3)n2)c1. The van der Waals surface area contributed by atoms with E-state index in [0.717, 1.165) is 12.1 Å². The predicted molar refractivity (Wildman–Crippen MR) is 73.6 cm³/mol. The van der Waals surface area contributed by atoms with Crippen LogP contribution in [0.2, 0.25) is 5.02 Å². The van der Waals surface area contributed by atoms with Gasteiger partial charge in [-0.15, -0.1) is 12.4 Å². The average Bonchev–Trinajstić information content (AvgIpc) is 2.89.